The van der Waals surface area contributed by atoms with Gasteiger partial charge < -0.3 is 20.4 Å². The summed E-state index contributed by atoms with van der Waals surface area (Å²) in [7, 11) is 0. The number of amides is 1. The lowest BCUT2D eigenvalue weighted by Gasteiger charge is -2.42. The largest absolute Gasteiger partial charge is 0.388 e. The minimum absolute atomic E-state index is 0.0678. The first-order valence-electron chi connectivity index (χ1n) is 8.98. The molecule has 1 saturated heterocycles. The first kappa shape index (κ1) is 19.8. The van der Waals surface area contributed by atoms with Gasteiger partial charge in [-0.25, -0.2) is 0 Å². The van der Waals surface area contributed by atoms with Crippen molar-refractivity contribution in [2.75, 3.05) is 19.6 Å². The molecule has 0 aliphatic carbocycles. The molecule has 0 spiro atoms. The van der Waals surface area contributed by atoms with Crippen LogP contribution in [-0.2, 0) is 17.8 Å². The number of carbonyl (C=O) groups is 1. The number of rotatable bonds is 6. The Kier molecular flexibility index (Phi) is 6.44. The number of carbonyl (C=O) groups excluding carboxylic acids is 1. The van der Waals surface area contributed by atoms with Crippen molar-refractivity contribution in [2.45, 2.75) is 31.1 Å². The molecule has 0 saturated carbocycles. The monoisotopic (exact) mass is 389 g/mol. The second-order valence-electron chi connectivity index (χ2n) is 6.98. The zero-order chi connectivity index (χ0) is 19.3. The number of pyridine rings is 1. The summed E-state index contributed by atoms with van der Waals surface area (Å²) in [5.74, 6) is -0.0678. The quantitative estimate of drug-likeness (QED) is 0.695. The number of aromatic nitrogens is 1. The van der Waals surface area contributed by atoms with Gasteiger partial charge in [0.15, 0.2) is 0 Å². The van der Waals surface area contributed by atoms with Gasteiger partial charge in [0.2, 0.25) is 5.91 Å². The van der Waals surface area contributed by atoms with Gasteiger partial charge in [-0.3, -0.25) is 9.78 Å². The van der Waals surface area contributed by atoms with Crippen molar-refractivity contribution in [1.82, 2.24) is 15.2 Å². The molecule has 0 bridgehead atoms. The molecule has 2 heterocycles. The van der Waals surface area contributed by atoms with Gasteiger partial charge in [0, 0.05) is 43.6 Å². The molecule has 1 amide bonds. The van der Waals surface area contributed by atoms with Crippen LogP contribution in [0.1, 0.15) is 17.5 Å². The Balaban J connectivity index is 1.50. The highest BCUT2D eigenvalue weighted by molar-refractivity contribution is 6.30. The van der Waals surface area contributed by atoms with Crippen LogP contribution in [0, 0.1) is 0 Å². The van der Waals surface area contributed by atoms with Gasteiger partial charge in [-0.15, -0.1) is 0 Å². The van der Waals surface area contributed by atoms with E-state index in [1.54, 1.807) is 29.4 Å². The van der Waals surface area contributed by atoms with E-state index in [0.717, 1.165) is 11.1 Å². The second kappa shape index (κ2) is 8.80. The van der Waals surface area contributed by atoms with Crippen LogP contribution in [0.5, 0.6) is 0 Å². The first-order valence-corrected chi connectivity index (χ1v) is 9.36. The summed E-state index contributed by atoms with van der Waals surface area (Å²) in [6.45, 7) is 1.34. The van der Waals surface area contributed by atoms with E-state index in [2.05, 4.69) is 10.3 Å². The number of likely N-dealkylation sites (tertiary alicyclic amines) is 1. The van der Waals surface area contributed by atoms with E-state index in [0.29, 0.717) is 24.5 Å². The SMILES string of the molecule is O=C(Cc1ccc(Cl)cc1)N1CC[C@](O)(CNCc2cccnc2)[C@@H](O)C1. The number of hydrogen-bond acceptors (Lipinski definition) is 5. The number of β-amino-alcohol motifs (C(OH)–C–C–N with tert-alkyl or cyclic N) is 1. The van der Waals surface area contributed by atoms with E-state index >= 15 is 0 Å². The van der Waals surface area contributed by atoms with Crippen LogP contribution in [0.25, 0.3) is 0 Å². The maximum absolute atomic E-state index is 12.5. The molecule has 1 aromatic carbocycles. The molecule has 1 aliphatic rings. The van der Waals surface area contributed by atoms with Crippen LogP contribution in [0.15, 0.2) is 48.8 Å². The lowest BCUT2D eigenvalue weighted by molar-refractivity contribution is -0.148. The molecular formula is C20H24ClN3O3. The Morgan fingerprint density at radius 3 is 2.74 bits per heavy atom. The molecule has 27 heavy (non-hydrogen) atoms. The summed E-state index contributed by atoms with van der Waals surface area (Å²) in [6, 6.07) is 10.9. The fourth-order valence-electron chi connectivity index (χ4n) is 3.21. The minimum Gasteiger partial charge on any atom is -0.388 e. The standard InChI is InChI=1S/C20H24ClN3O3/c21-17-5-3-15(4-6-17)10-19(26)24-9-7-20(27,18(25)13-24)14-23-12-16-2-1-8-22-11-16/h1-6,8,11,18,23,25,27H,7,9-10,12-14H2/t18-,20-/m0/s1. The van der Waals surface area contributed by atoms with E-state index in [1.807, 2.05) is 24.3 Å². The summed E-state index contributed by atoms with van der Waals surface area (Å²) >= 11 is 5.86. The van der Waals surface area contributed by atoms with Gasteiger partial charge in [0.1, 0.15) is 11.7 Å². The van der Waals surface area contributed by atoms with E-state index in [9.17, 15) is 15.0 Å². The van der Waals surface area contributed by atoms with Gasteiger partial charge in [0.05, 0.1) is 6.42 Å². The third kappa shape index (κ3) is 5.26. The van der Waals surface area contributed by atoms with Crippen LogP contribution in [0.4, 0.5) is 0 Å². The summed E-state index contributed by atoms with van der Waals surface area (Å²) in [6.07, 6.45) is 3.03. The Bertz CT molecular complexity index is 757. The van der Waals surface area contributed by atoms with Gasteiger partial charge in [0.25, 0.3) is 0 Å². The Morgan fingerprint density at radius 1 is 1.30 bits per heavy atom. The summed E-state index contributed by atoms with van der Waals surface area (Å²) in [4.78, 5) is 18.1. The molecule has 1 aromatic heterocycles. The summed E-state index contributed by atoms with van der Waals surface area (Å²) < 4.78 is 0. The second-order valence-corrected chi connectivity index (χ2v) is 7.41. The predicted molar refractivity (Wildman–Crippen MR) is 103 cm³/mol. The minimum atomic E-state index is -1.25. The van der Waals surface area contributed by atoms with Crippen LogP contribution in [0.2, 0.25) is 5.02 Å². The number of aliphatic hydroxyl groups excluding tert-OH is 1. The highest BCUT2D eigenvalue weighted by atomic mass is 35.5. The highest BCUT2D eigenvalue weighted by Crippen LogP contribution is 2.23. The molecule has 1 aliphatic heterocycles. The zero-order valence-corrected chi connectivity index (χ0v) is 15.8. The van der Waals surface area contributed by atoms with Gasteiger partial charge in [-0.2, -0.15) is 0 Å². The van der Waals surface area contributed by atoms with Crippen LogP contribution in [0.3, 0.4) is 0 Å². The molecule has 3 rings (SSSR count). The lowest BCUT2D eigenvalue weighted by Crippen LogP contribution is -2.60. The Hall–Kier alpha value is -1.99. The number of benzene rings is 1. The summed E-state index contributed by atoms with van der Waals surface area (Å²) in [5.41, 5.74) is 0.628. The Morgan fingerprint density at radius 2 is 2.07 bits per heavy atom. The van der Waals surface area contributed by atoms with Crippen LogP contribution in [-0.4, -0.2) is 57.3 Å². The van der Waals surface area contributed by atoms with Crippen molar-refractivity contribution in [3.63, 3.8) is 0 Å². The number of nitrogens with one attached hydrogen (secondary N) is 1. The number of aliphatic hydroxyl groups is 2. The predicted octanol–water partition coefficient (Wildman–Crippen LogP) is 1.39. The third-order valence-corrected chi connectivity index (χ3v) is 5.18. The number of halogens is 1. The molecule has 2 aromatic rings. The first-order chi connectivity index (χ1) is 13.0. The smallest absolute Gasteiger partial charge is 0.227 e. The van der Waals surface area contributed by atoms with Crippen molar-refractivity contribution < 1.29 is 15.0 Å². The molecule has 2 atom stereocenters. The van der Waals surface area contributed by atoms with Gasteiger partial charge in [-0.05, 0) is 35.7 Å². The third-order valence-electron chi connectivity index (χ3n) is 4.93. The average Bonchev–Trinajstić information content (AvgIpc) is 2.67. The van der Waals surface area contributed by atoms with E-state index in [1.165, 1.54) is 0 Å². The molecule has 6 nitrogen and oxygen atoms in total. The fraction of sp³-hybridized carbons (Fsp3) is 0.400. The van der Waals surface area contributed by atoms with Crippen molar-refractivity contribution >= 4 is 17.5 Å². The number of piperidine rings is 1. The van der Waals surface area contributed by atoms with Crippen molar-refractivity contribution in [2.24, 2.45) is 0 Å². The lowest BCUT2D eigenvalue weighted by atomic mass is 9.88. The van der Waals surface area contributed by atoms with Crippen LogP contribution < -0.4 is 5.32 Å². The maximum atomic E-state index is 12.5. The topological polar surface area (TPSA) is 85.7 Å². The van der Waals surface area contributed by atoms with Crippen molar-refractivity contribution in [3.8, 4) is 0 Å². The number of nitrogens with zero attached hydrogens (tertiary/aromatic N) is 2. The molecular weight excluding hydrogens is 366 g/mol. The normalized spacial score (nSPS) is 22.6. The number of hydrogen-bond donors (Lipinski definition) is 3. The molecule has 7 heteroatoms. The van der Waals surface area contributed by atoms with E-state index in [4.69, 9.17) is 11.6 Å². The average molecular weight is 390 g/mol. The fourth-order valence-corrected chi connectivity index (χ4v) is 3.34. The van der Waals surface area contributed by atoms with Crippen LogP contribution >= 0.6 is 11.6 Å². The van der Waals surface area contributed by atoms with Crippen molar-refractivity contribution in [3.05, 3.63) is 64.9 Å². The summed E-state index contributed by atoms with van der Waals surface area (Å²) in [5, 5.41) is 25.0. The van der Waals surface area contributed by atoms with Crippen molar-refractivity contribution in [1.29, 1.82) is 0 Å². The van der Waals surface area contributed by atoms with Gasteiger partial charge >= 0.3 is 0 Å². The van der Waals surface area contributed by atoms with Gasteiger partial charge in [-0.1, -0.05) is 29.8 Å². The highest BCUT2D eigenvalue weighted by Gasteiger charge is 2.41. The van der Waals surface area contributed by atoms with E-state index in [-0.39, 0.29) is 25.4 Å². The molecule has 0 unspecified atom stereocenters. The molecule has 1 fully saturated rings. The zero-order valence-electron chi connectivity index (χ0n) is 15.0. The molecule has 144 valence electrons. The Labute approximate surface area is 163 Å². The molecule has 3 N–H and O–H groups in total. The molecule has 0 radical (unpaired) electrons. The van der Waals surface area contributed by atoms with E-state index < -0.39 is 11.7 Å². The maximum Gasteiger partial charge on any atom is 0.227 e.